The van der Waals surface area contributed by atoms with Crippen molar-refractivity contribution in [2.75, 3.05) is 19.6 Å². The molecule has 8 heteroatoms. The molecule has 2 aromatic carbocycles. The Bertz CT molecular complexity index is 1180. The molecule has 2 aromatic rings. The molecule has 0 spiro atoms. The number of guanidine groups is 1. The van der Waals surface area contributed by atoms with Crippen LogP contribution in [0.2, 0.25) is 0 Å². The highest BCUT2D eigenvalue weighted by Crippen LogP contribution is 2.36. The van der Waals surface area contributed by atoms with Crippen LogP contribution in [0.1, 0.15) is 51.9 Å². The number of benzene rings is 2. The van der Waals surface area contributed by atoms with Crippen molar-refractivity contribution >= 4 is 26.8 Å². The van der Waals surface area contributed by atoms with Crippen LogP contribution < -0.4 is 15.8 Å². The summed E-state index contributed by atoms with van der Waals surface area (Å²) in [5.41, 5.74) is 6.74. The van der Waals surface area contributed by atoms with E-state index in [1.54, 1.807) is 6.07 Å². The Morgan fingerprint density at radius 1 is 1.14 bits per heavy atom. The maximum atomic E-state index is 13.4. The molecule has 7 nitrogen and oxygen atoms in total. The van der Waals surface area contributed by atoms with Crippen LogP contribution in [0.5, 0.6) is 0 Å². The first-order valence-corrected chi connectivity index (χ1v) is 14.8. The number of hydrogen-bond donors (Lipinski definition) is 4. The van der Waals surface area contributed by atoms with E-state index in [-0.39, 0.29) is 12.0 Å². The molecule has 1 heterocycles. The summed E-state index contributed by atoms with van der Waals surface area (Å²) in [6, 6.07) is 13.0. The second kappa shape index (κ2) is 11.6. The van der Waals surface area contributed by atoms with Gasteiger partial charge in [-0.05, 0) is 55.4 Å². The number of nitrogens with one attached hydrogen (secondary N) is 3. The van der Waals surface area contributed by atoms with E-state index < -0.39 is 10.0 Å². The van der Waals surface area contributed by atoms with Crippen molar-refractivity contribution < 1.29 is 8.42 Å². The molecular formula is C28H41N5O2S. The third-order valence-electron chi connectivity index (χ3n) is 8.10. The summed E-state index contributed by atoms with van der Waals surface area (Å²) in [6.45, 7) is 8.83. The lowest BCUT2D eigenvalue weighted by atomic mass is 9.88. The Labute approximate surface area is 216 Å². The molecule has 196 valence electrons. The molecule has 4 rings (SSSR count). The summed E-state index contributed by atoms with van der Waals surface area (Å²) >= 11 is 0. The molecule has 1 aliphatic heterocycles. The Kier molecular flexibility index (Phi) is 8.57. The highest BCUT2D eigenvalue weighted by Gasteiger charge is 2.31. The van der Waals surface area contributed by atoms with Crippen LogP contribution in [0.15, 0.2) is 59.6 Å². The fourth-order valence-corrected chi connectivity index (χ4v) is 7.52. The summed E-state index contributed by atoms with van der Waals surface area (Å²) < 4.78 is 29.8. The van der Waals surface area contributed by atoms with Gasteiger partial charge in [-0.1, -0.05) is 62.7 Å². The number of nitrogens with zero attached hydrogens (tertiary/aromatic N) is 1. The van der Waals surface area contributed by atoms with Gasteiger partial charge in [0.05, 0.1) is 4.90 Å². The number of nitrogens with two attached hydrogens (primary N) is 1. The largest absolute Gasteiger partial charge is 0.388 e. The van der Waals surface area contributed by atoms with Gasteiger partial charge in [0.15, 0.2) is 5.96 Å². The molecular weight excluding hydrogens is 470 g/mol. The molecule has 2 aliphatic rings. The summed E-state index contributed by atoms with van der Waals surface area (Å²) in [6.07, 6.45) is 7.16. The Hall–Kier alpha value is -2.58. The summed E-state index contributed by atoms with van der Waals surface area (Å²) in [4.78, 5) is 2.28. The molecule has 5 N–H and O–H groups in total. The molecule has 4 atom stereocenters. The molecule has 1 aliphatic carbocycles. The molecule has 1 saturated carbocycles. The molecule has 2 fully saturated rings. The number of rotatable bonds is 10. The molecule has 0 aromatic heterocycles. The smallest absolute Gasteiger partial charge is 0.241 e. The first-order valence-electron chi connectivity index (χ1n) is 13.3. The van der Waals surface area contributed by atoms with E-state index in [1.165, 1.54) is 6.42 Å². The SMILES string of the molecule is C=C(NCC1CCCC1CC(CC)NS(=O)(=O)c1cccc2ccccc12)C1CCCN(C(=N)N)C1. The predicted molar refractivity (Wildman–Crippen MR) is 147 cm³/mol. The highest BCUT2D eigenvalue weighted by molar-refractivity contribution is 7.89. The lowest BCUT2D eigenvalue weighted by Crippen LogP contribution is -2.45. The molecule has 0 bridgehead atoms. The second-order valence-electron chi connectivity index (χ2n) is 10.5. The van der Waals surface area contributed by atoms with Gasteiger partial charge in [-0.15, -0.1) is 0 Å². The van der Waals surface area contributed by atoms with Crippen LogP contribution in [0.4, 0.5) is 0 Å². The van der Waals surface area contributed by atoms with Crippen molar-refractivity contribution in [3.8, 4) is 0 Å². The third kappa shape index (κ3) is 6.21. The van der Waals surface area contributed by atoms with Crippen molar-refractivity contribution in [2.24, 2.45) is 23.5 Å². The predicted octanol–water partition coefficient (Wildman–Crippen LogP) is 4.41. The van der Waals surface area contributed by atoms with Gasteiger partial charge >= 0.3 is 0 Å². The van der Waals surface area contributed by atoms with Crippen LogP contribution in [-0.4, -0.2) is 45.0 Å². The molecule has 36 heavy (non-hydrogen) atoms. The van der Waals surface area contributed by atoms with Gasteiger partial charge in [-0.2, -0.15) is 0 Å². The lowest BCUT2D eigenvalue weighted by molar-refractivity contribution is 0.266. The Morgan fingerprint density at radius 3 is 2.67 bits per heavy atom. The zero-order chi connectivity index (χ0) is 25.7. The number of hydrogen-bond acceptors (Lipinski definition) is 4. The fraction of sp³-hybridized carbons (Fsp3) is 0.536. The minimum absolute atomic E-state index is 0.0924. The van der Waals surface area contributed by atoms with Gasteiger partial charge in [0.1, 0.15) is 0 Å². The van der Waals surface area contributed by atoms with Crippen LogP contribution in [0.25, 0.3) is 10.8 Å². The van der Waals surface area contributed by atoms with Crippen LogP contribution in [-0.2, 0) is 10.0 Å². The number of fused-ring (bicyclic) bond motifs is 1. The van der Waals surface area contributed by atoms with Gasteiger partial charge < -0.3 is 16.0 Å². The van der Waals surface area contributed by atoms with E-state index in [1.807, 2.05) is 41.3 Å². The summed E-state index contributed by atoms with van der Waals surface area (Å²) in [5, 5.41) is 13.0. The average Bonchev–Trinajstić information content (AvgIpc) is 3.33. The minimum Gasteiger partial charge on any atom is -0.388 e. The van der Waals surface area contributed by atoms with Crippen molar-refractivity contribution in [3.05, 3.63) is 54.7 Å². The average molecular weight is 512 g/mol. The first kappa shape index (κ1) is 26.5. The maximum absolute atomic E-state index is 13.4. The fourth-order valence-electron chi connectivity index (χ4n) is 5.96. The van der Waals surface area contributed by atoms with Crippen LogP contribution >= 0.6 is 0 Å². The zero-order valence-electron chi connectivity index (χ0n) is 21.4. The topological polar surface area (TPSA) is 111 Å². The number of piperidine rings is 1. The van der Waals surface area contributed by atoms with E-state index in [0.29, 0.717) is 22.6 Å². The number of sulfonamides is 1. The molecule has 1 saturated heterocycles. The normalized spacial score (nSPS) is 23.5. The van der Waals surface area contributed by atoms with E-state index in [2.05, 4.69) is 23.5 Å². The monoisotopic (exact) mass is 511 g/mol. The lowest BCUT2D eigenvalue weighted by Gasteiger charge is -2.34. The summed E-state index contributed by atoms with van der Waals surface area (Å²) in [7, 11) is -3.62. The summed E-state index contributed by atoms with van der Waals surface area (Å²) in [5.74, 6) is 1.43. The van der Waals surface area contributed by atoms with Crippen LogP contribution in [0, 0.1) is 23.2 Å². The second-order valence-corrected chi connectivity index (χ2v) is 12.1. The standard InChI is InChI=1S/C28H41N5O2S/c1-3-25(32-36(34,35)27-15-7-10-21-9-4-5-14-26(21)27)17-22-11-6-12-23(22)18-31-20(2)24-13-8-16-33(19-24)28(29)30/h4-5,7,9-10,14-15,22-25,31-32H,2-3,6,8,11-13,16-19H2,1H3,(H3,29,30). The minimum atomic E-state index is -3.62. The number of likely N-dealkylation sites (tertiary alicyclic amines) is 1. The quantitative estimate of drug-likeness (QED) is 0.279. The molecule has 4 unspecified atom stereocenters. The zero-order valence-corrected chi connectivity index (χ0v) is 22.2. The van der Waals surface area contributed by atoms with Crippen LogP contribution in [0.3, 0.4) is 0 Å². The van der Waals surface area contributed by atoms with Gasteiger partial charge in [0, 0.05) is 42.7 Å². The highest BCUT2D eigenvalue weighted by atomic mass is 32.2. The van der Waals surface area contributed by atoms with E-state index in [9.17, 15) is 8.42 Å². The van der Waals surface area contributed by atoms with Gasteiger partial charge in [0.2, 0.25) is 10.0 Å². The first-order chi connectivity index (χ1) is 17.3. The molecule has 0 radical (unpaired) electrons. The Balaban J connectivity index is 1.35. The van der Waals surface area contributed by atoms with E-state index in [4.69, 9.17) is 11.1 Å². The van der Waals surface area contributed by atoms with E-state index >= 15 is 0 Å². The van der Waals surface area contributed by atoms with Crippen molar-refractivity contribution in [2.45, 2.75) is 62.8 Å². The van der Waals surface area contributed by atoms with Crippen molar-refractivity contribution in [1.29, 1.82) is 5.41 Å². The maximum Gasteiger partial charge on any atom is 0.241 e. The van der Waals surface area contributed by atoms with Gasteiger partial charge in [-0.25, -0.2) is 13.1 Å². The van der Waals surface area contributed by atoms with Crippen molar-refractivity contribution in [3.63, 3.8) is 0 Å². The molecule has 0 amide bonds. The van der Waals surface area contributed by atoms with Gasteiger partial charge in [0.25, 0.3) is 0 Å². The van der Waals surface area contributed by atoms with Gasteiger partial charge in [-0.3, -0.25) is 5.41 Å². The van der Waals surface area contributed by atoms with Crippen molar-refractivity contribution in [1.82, 2.24) is 14.9 Å². The third-order valence-corrected chi connectivity index (χ3v) is 9.68. The van der Waals surface area contributed by atoms with E-state index in [0.717, 1.165) is 74.6 Å². The Morgan fingerprint density at radius 2 is 1.89 bits per heavy atom.